The molecule has 164 valence electrons. The van der Waals surface area contributed by atoms with E-state index in [0.29, 0.717) is 12.6 Å². The third kappa shape index (κ3) is 5.13. The molecule has 0 saturated carbocycles. The van der Waals surface area contributed by atoms with E-state index in [2.05, 4.69) is 32.2 Å². The van der Waals surface area contributed by atoms with Gasteiger partial charge in [-0.25, -0.2) is 0 Å². The lowest BCUT2D eigenvalue weighted by atomic mass is 10.1. The molecule has 0 aliphatic carbocycles. The minimum Gasteiger partial charge on any atom is -0.379 e. The van der Waals surface area contributed by atoms with Crippen molar-refractivity contribution in [1.82, 2.24) is 20.0 Å². The number of likely N-dealkylation sites (tertiary alicyclic amines) is 2. The third-order valence-corrected chi connectivity index (χ3v) is 6.53. The third-order valence-electron chi connectivity index (χ3n) is 6.53. The summed E-state index contributed by atoms with van der Waals surface area (Å²) in [7, 11) is 1.85. The standard InChI is InChI=1S/C23H35N5O2/c1-24-23(28-12-9-21(18-28)26-13-15-30-16-14-26)25-17-19-5-7-20(8-6-19)22(29)27-10-3-2-4-11-27/h5-8,21H,2-4,9-18H2,1H3,(H,24,25). The van der Waals surface area contributed by atoms with E-state index < -0.39 is 0 Å². The Kier molecular flexibility index (Phi) is 7.23. The van der Waals surface area contributed by atoms with Crippen LogP contribution in [0, 0.1) is 0 Å². The van der Waals surface area contributed by atoms with Gasteiger partial charge in [-0.2, -0.15) is 0 Å². The summed E-state index contributed by atoms with van der Waals surface area (Å²) < 4.78 is 5.48. The van der Waals surface area contributed by atoms with Crippen LogP contribution in [-0.4, -0.2) is 92.1 Å². The second-order valence-corrected chi connectivity index (χ2v) is 8.49. The average Bonchev–Trinajstić information content (AvgIpc) is 3.31. The van der Waals surface area contributed by atoms with Gasteiger partial charge in [0.2, 0.25) is 0 Å². The van der Waals surface area contributed by atoms with Crippen molar-refractivity contribution in [2.24, 2.45) is 4.99 Å². The number of piperidine rings is 1. The van der Waals surface area contributed by atoms with Crippen molar-refractivity contribution < 1.29 is 9.53 Å². The second kappa shape index (κ2) is 10.3. The minimum atomic E-state index is 0.163. The molecule has 1 amide bonds. The highest BCUT2D eigenvalue weighted by atomic mass is 16.5. The molecule has 7 nitrogen and oxygen atoms in total. The molecule has 3 aliphatic rings. The normalized spacial score (nSPS) is 23.6. The van der Waals surface area contributed by atoms with Crippen LogP contribution in [0.2, 0.25) is 0 Å². The first-order chi connectivity index (χ1) is 14.7. The van der Waals surface area contributed by atoms with Gasteiger partial charge in [0.25, 0.3) is 5.91 Å². The van der Waals surface area contributed by atoms with Gasteiger partial charge in [0.1, 0.15) is 0 Å². The Morgan fingerprint density at radius 3 is 2.47 bits per heavy atom. The first-order valence-corrected chi connectivity index (χ1v) is 11.4. The topological polar surface area (TPSA) is 60.4 Å². The molecule has 7 heteroatoms. The Labute approximate surface area is 180 Å². The van der Waals surface area contributed by atoms with E-state index in [9.17, 15) is 4.79 Å². The van der Waals surface area contributed by atoms with Crippen LogP contribution in [0.3, 0.4) is 0 Å². The van der Waals surface area contributed by atoms with E-state index in [-0.39, 0.29) is 5.91 Å². The van der Waals surface area contributed by atoms with Gasteiger partial charge in [0.15, 0.2) is 5.96 Å². The summed E-state index contributed by atoms with van der Waals surface area (Å²) in [5, 5.41) is 3.50. The number of nitrogens with one attached hydrogen (secondary N) is 1. The number of carbonyl (C=O) groups is 1. The monoisotopic (exact) mass is 413 g/mol. The predicted octanol–water partition coefficient (Wildman–Crippen LogP) is 1.79. The van der Waals surface area contributed by atoms with Crippen molar-refractivity contribution in [3.63, 3.8) is 0 Å². The lowest BCUT2D eigenvalue weighted by Gasteiger charge is -2.32. The number of hydrogen-bond acceptors (Lipinski definition) is 4. The molecular formula is C23H35N5O2. The van der Waals surface area contributed by atoms with Gasteiger partial charge in [0, 0.05) is 64.5 Å². The Bertz CT molecular complexity index is 724. The van der Waals surface area contributed by atoms with Crippen molar-refractivity contribution in [3.8, 4) is 0 Å². The Hall–Kier alpha value is -2.12. The molecule has 1 unspecified atom stereocenters. The largest absolute Gasteiger partial charge is 0.379 e. The molecule has 0 bridgehead atoms. The van der Waals surface area contributed by atoms with Crippen molar-refractivity contribution >= 4 is 11.9 Å². The van der Waals surface area contributed by atoms with Crippen molar-refractivity contribution in [2.45, 2.75) is 38.3 Å². The van der Waals surface area contributed by atoms with Crippen LogP contribution < -0.4 is 5.32 Å². The van der Waals surface area contributed by atoms with Crippen LogP contribution in [0.15, 0.2) is 29.3 Å². The molecule has 0 spiro atoms. The Balaban J connectivity index is 1.27. The molecule has 3 fully saturated rings. The zero-order valence-corrected chi connectivity index (χ0v) is 18.2. The maximum absolute atomic E-state index is 12.6. The number of rotatable bonds is 4. The predicted molar refractivity (Wildman–Crippen MR) is 119 cm³/mol. The first-order valence-electron chi connectivity index (χ1n) is 11.4. The van der Waals surface area contributed by atoms with E-state index in [1.54, 1.807) is 0 Å². The van der Waals surface area contributed by atoms with E-state index in [1.807, 2.05) is 24.1 Å². The molecule has 1 atom stereocenters. The molecule has 4 rings (SSSR count). The van der Waals surface area contributed by atoms with Crippen LogP contribution in [0.1, 0.15) is 41.6 Å². The lowest BCUT2D eigenvalue weighted by molar-refractivity contribution is 0.0195. The summed E-state index contributed by atoms with van der Waals surface area (Å²) in [5.74, 6) is 1.12. The second-order valence-electron chi connectivity index (χ2n) is 8.49. The fourth-order valence-electron chi connectivity index (χ4n) is 4.73. The summed E-state index contributed by atoms with van der Waals surface area (Å²) in [5.41, 5.74) is 1.95. The van der Waals surface area contributed by atoms with Gasteiger partial charge in [0.05, 0.1) is 13.2 Å². The average molecular weight is 414 g/mol. The fraction of sp³-hybridized carbons (Fsp3) is 0.652. The fourth-order valence-corrected chi connectivity index (χ4v) is 4.73. The van der Waals surface area contributed by atoms with Gasteiger partial charge in [-0.05, 0) is 43.4 Å². The first kappa shape index (κ1) is 21.1. The maximum atomic E-state index is 12.6. The summed E-state index contributed by atoms with van der Waals surface area (Å²) in [6, 6.07) is 8.62. The van der Waals surface area contributed by atoms with Crippen molar-refractivity contribution in [1.29, 1.82) is 0 Å². The number of aliphatic imine (C=N–C) groups is 1. The molecule has 0 aromatic heterocycles. The van der Waals surface area contributed by atoms with E-state index in [0.717, 1.165) is 82.4 Å². The Morgan fingerprint density at radius 1 is 1.03 bits per heavy atom. The highest BCUT2D eigenvalue weighted by molar-refractivity contribution is 5.94. The molecule has 30 heavy (non-hydrogen) atoms. The van der Waals surface area contributed by atoms with Crippen molar-refractivity contribution in [3.05, 3.63) is 35.4 Å². The molecule has 1 aromatic carbocycles. The molecule has 1 N–H and O–H groups in total. The zero-order valence-electron chi connectivity index (χ0n) is 18.2. The van der Waals surface area contributed by atoms with Crippen LogP contribution in [0.25, 0.3) is 0 Å². The van der Waals surface area contributed by atoms with Gasteiger partial charge in [-0.3, -0.25) is 14.7 Å². The number of nitrogens with zero attached hydrogens (tertiary/aromatic N) is 4. The molecular weight excluding hydrogens is 378 g/mol. The number of guanidine groups is 1. The molecule has 1 aromatic rings. The number of hydrogen-bond donors (Lipinski definition) is 1. The highest BCUT2D eigenvalue weighted by Gasteiger charge is 2.30. The molecule has 3 saturated heterocycles. The smallest absolute Gasteiger partial charge is 0.253 e. The van der Waals surface area contributed by atoms with Crippen LogP contribution in [0.4, 0.5) is 0 Å². The SMILES string of the molecule is CN=C(NCc1ccc(C(=O)N2CCCCC2)cc1)N1CCC(N2CCOCC2)C1. The molecule has 3 heterocycles. The zero-order chi connectivity index (χ0) is 20.8. The van der Waals surface area contributed by atoms with Gasteiger partial charge in [-0.1, -0.05) is 12.1 Å². The molecule has 3 aliphatic heterocycles. The number of benzene rings is 1. The van der Waals surface area contributed by atoms with E-state index >= 15 is 0 Å². The summed E-state index contributed by atoms with van der Waals surface area (Å²) in [4.78, 5) is 24.0. The number of amides is 1. The van der Waals surface area contributed by atoms with Crippen LogP contribution in [-0.2, 0) is 11.3 Å². The van der Waals surface area contributed by atoms with E-state index in [4.69, 9.17) is 4.74 Å². The van der Waals surface area contributed by atoms with Crippen LogP contribution in [0.5, 0.6) is 0 Å². The quantitative estimate of drug-likeness (QED) is 0.603. The number of ether oxygens (including phenoxy) is 1. The summed E-state index contributed by atoms with van der Waals surface area (Å²) >= 11 is 0. The number of carbonyl (C=O) groups excluding carboxylic acids is 1. The van der Waals surface area contributed by atoms with Crippen molar-refractivity contribution in [2.75, 3.05) is 59.5 Å². The van der Waals surface area contributed by atoms with Gasteiger partial charge < -0.3 is 19.9 Å². The Morgan fingerprint density at radius 2 is 1.77 bits per heavy atom. The van der Waals surface area contributed by atoms with Gasteiger partial charge >= 0.3 is 0 Å². The number of morpholine rings is 1. The maximum Gasteiger partial charge on any atom is 0.253 e. The van der Waals surface area contributed by atoms with Gasteiger partial charge in [-0.15, -0.1) is 0 Å². The summed E-state index contributed by atoms with van der Waals surface area (Å²) in [6.45, 7) is 8.30. The molecule has 0 radical (unpaired) electrons. The van der Waals surface area contributed by atoms with Crippen LogP contribution >= 0.6 is 0 Å². The summed E-state index contributed by atoms with van der Waals surface area (Å²) in [6.07, 6.45) is 4.65. The highest BCUT2D eigenvalue weighted by Crippen LogP contribution is 2.17. The lowest BCUT2D eigenvalue weighted by Crippen LogP contribution is -2.46. The minimum absolute atomic E-state index is 0.163. The van der Waals surface area contributed by atoms with E-state index in [1.165, 1.54) is 12.8 Å².